The molecule has 7 nitrogen and oxygen atoms in total. The molecule has 0 spiro atoms. The maximum Gasteiger partial charge on any atom is 0.255 e. The summed E-state index contributed by atoms with van der Waals surface area (Å²) in [5.41, 5.74) is 3.08. The lowest BCUT2D eigenvalue weighted by molar-refractivity contribution is 0.102. The molecule has 4 rings (SSSR count). The fourth-order valence-corrected chi connectivity index (χ4v) is 6.78. The number of aromatic nitrogens is 1. The number of carbonyl (C=O) groups excluding carboxylic acids is 1. The van der Waals surface area contributed by atoms with Crippen LogP contribution in [0.25, 0.3) is 10.2 Å². The molecule has 0 saturated carbocycles. The van der Waals surface area contributed by atoms with E-state index in [2.05, 4.69) is 15.0 Å². The van der Waals surface area contributed by atoms with Gasteiger partial charge in [0.25, 0.3) is 5.91 Å². The Bertz CT molecular complexity index is 1400. The number of fused-ring (bicyclic) bond motifs is 1. The van der Waals surface area contributed by atoms with Gasteiger partial charge in [0.1, 0.15) is 5.75 Å². The first-order valence-corrected chi connectivity index (χ1v) is 14.3. The molecule has 1 amide bonds. The summed E-state index contributed by atoms with van der Waals surface area (Å²) in [7, 11) is -2.13. The number of nitrogens with zero attached hydrogens (tertiary/aromatic N) is 1. The molecule has 1 heterocycles. The number of para-hydroxylation sites is 1. The Morgan fingerprint density at radius 2 is 1.80 bits per heavy atom. The molecule has 35 heavy (non-hydrogen) atoms. The Balaban J connectivity index is 1.36. The van der Waals surface area contributed by atoms with Crippen LogP contribution in [-0.2, 0) is 10.0 Å². The average Bonchev–Trinajstić information content (AvgIpc) is 3.27. The first-order chi connectivity index (χ1) is 16.8. The Hall–Kier alpha value is -3.08. The van der Waals surface area contributed by atoms with Crippen LogP contribution in [0.5, 0.6) is 5.75 Å². The van der Waals surface area contributed by atoms with E-state index in [1.54, 1.807) is 66.4 Å². The molecule has 4 aromatic rings. The molecule has 2 N–H and O–H groups in total. The van der Waals surface area contributed by atoms with Crippen LogP contribution in [0.15, 0.2) is 71.1 Å². The SMILES string of the molecule is COc1cc(NC(=O)c2ccccc2)c(C)cc1NS(=O)(=O)CCCSc1nc2ccccc2s1. The van der Waals surface area contributed by atoms with Crippen molar-refractivity contribution in [2.24, 2.45) is 0 Å². The normalized spacial score (nSPS) is 11.4. The van der Waals surface area contributed by atoms with Crippen LogP contribution < -0.4 is 14.8 Å². The van der Waals surface area contributed by atoms with E-state index < -0.39 is 10.0 Å². The van der Waals surface area contributed by atoms with Crippen LogP contribution in [0.1, 0.15) is 22.3 Å². The molecular weight excluding hydrogens is 502 g/mol. The molecule has 0 unspecified atom stereocenters. The number of amides is 1. The van der Waals surface area contributed by atoms with Crippen molar-refractivity contribution in [2.45, 2.75) is 17.7 Å². The summed E-state index contributed by atoms with van der Waals surface area (Å²) in [6.07, 6.45) is 0.475. The first-order valence-electron chi connectivity index (χ1n) is 10.9. The highest BCUT2D eigenvalue weighted by atomic mass is 32.2. The second-order valence-electron chi connectivity index (χ2n) is 7.76. The summed E-state index contributed by atoms with van der Waals surface area (Å²) < 4.78 is 35.5. The van der Waals surface area contributed by atoms with E-state index in [9.17, 15) is 13.2 Å². The van der Waals surface area contributed by atoms with Crippen molar-refractivity contribution in [1.29, 1.82) is 0 Å². The van der Waals surface area contributed by atoms with Crippen molar-refractivity contribution in [3.05, 3.63) is 77.9 Å². The predicted octanol–water partition coefficient (Wildman–Crippen LogP) is 5.79. The molecule has 0 radical (unpaired) electrons. The third-order valence-corrected chi connectivity index (χ3v) is 8.78. The minimum absolute atomic E-state index is 0.0282. The van der Waals surface area contributed by atoms with E-state index >= 15 is 0 Å². The highest BCUT2D eigenvalue weighted by Gasteiger charge is 2.17. The van der Waals surface area contributed by atoms with Gasteiger partial charge in [0.15, 0.2) is 4.34 Å². The number of aryl methyl sites for hydroxylation is 1. The summed E-state index contributed by atoms with van der Waals surface area (Å²) in [5, 5.41) is 2.85. The highest BCUT2D eigenvalue weighted by molar-refractivity contribution is 8.01. The lowest BCUT2D eigenvalue weighted by atomic mass is 10.1. The quantitative estimate of drug-likeness (QED) is 0.200. The molecule has 0 aliphatic carbocycles. The van der Waals surface area contributed by atoms with Gasteiger partial charge in [0.2, 0.25) is 10.0 Å². The molecule has 0 atom stereocenters. The minimum Gasteiger partial charge on any atom is -0.494 e. The average molecular weight is 528 g/mol. The number of hydrogen-bond acceptors (Lipinski definition) is 7. The molecular formula is C25H25N3O4S3. The van der Waals surface area contributed by atoms with Crippen molar-refractivity contribution in [2.75, 3.05) is 28.7 Å². The van der Waals surface area contributed by atoms with Crippen LogP contribution in [0.2, 0.25) is 0 Å². The van der Waals surface area contributed by atoms with Gasteiger partial charge in [-0.25, -0.2) is 13.4 Å². The third kappa shape index (κ3) is 6.53. The summed E-state index contributed by atoms with van der Waals surface area (Å²) in [5.74, 6) is 0.683. The largest absolute Gasteiger partial charge is 0.494 e. The molecule has 0 aliphatic heterocycles. The number of anilines is 2. The zero-order chi connectivity index (χ0) is 24.8. The van der Waals surface area contributed by atoms with Gasteiger partial charge in [-0.3, -0.25) is 9.52 Å². The summed E-state index contributed by atoms with van der Waals surface area (Å²) in [6.45, 7) is 1.80. The molecule has 1 aromatic heterocycles. The predicted molar refractivity (Wildman–Crippen MR) is 144 cm³/mol. The van der Waals surface area contributed by atoms with Crippen LogP contribution in [0.4, 0.5) is 11.4 Å². The standard InChI is InChI=1S/C25H25N3O4S3/c1-17-15-21(22(32-2)16-20(17)26-24(29)18-9-4-3-5-10-18)28-35(30,31)14-8-13-33-25-27-19-11-6-7-12-23(19)34-25/h3-7,9-12,15-16,28H,8,13-14H2,1-2H3,(H,26,29). The number of benzene rings is 3. The maximum absolute atomic E-state index is 12.7. The Labute approximate surface area is 213 Å². The van der Waals surface area contributed by atoms with E-state index in [-0.39, 0.29) is 11.7 Å². The topological polar surface area (TPSA) is 97.4 Å². The highest BCUT2D eigenvalue weighted by Crippen LogP contribution is 2.33. The summed E-state index contributed by atoms with van der Waals surface area (Å²) in [4.78, 5) is 17.1. The van der Waals surface area contributed by atoms with Gasteiger partial charge in [0, 0.05) is 23.1 Å². The van der Waals surface area contributed by atoms with Crippen molar-refractivity contribution in [3.8, 4) is 5.75 Å². The number of carbonyl (C=O) groups is 1. The number of ether oxygens (including phenoxy) is 1. The number of nitrogens with one attached hydrogen (secondary N) is 2. The minimum atomic E-state index is -3.59. The van der Waals surface area contributed by atoms with E-state index in [4.69, 9.17) is 4.74 Å². The number of hydrogen-bond donors (Lipinski definition) is 2. The number of methoxy groups -OCH3 is 1. The Morgan fingerprint density at radius 1 is 1.06 bits per heavy atom. The lowest BCUT2D eigenvalue weighted by Gasteiger charge is -2.16. The zero-order valence-electron chi connectivity index (χ0n) is 19.3. The molecule has 0 saturated heterocycles. The van der Waals surface area contributed by atoms with Gasteiger partial charge in [-0.05, 0) is 49.2 Å². The van der Waals surface area contributed by atoms with Crippen molar-refractivity contribution < 1.29 is 17.9 Å². The number of rotatable bonds is 10. The fraction of sp³-hybridized carbons (Fsp3) is 0.200. The Kier molecular flexibility index (Phi) is 7.94. The molecule has 10 heteroatoms. The van der Waals surface area contributed by atoms with Crippen LogP contribution >= 0.6 is 23.1 Å². The molecule has 0 fully saturated rings. The monoisotopic (exact) mass is 527 g/mol. The molecule has 0 aliphatic rings. The van der Waals surface area contributed by atoms with Gasteiger partial charge < -0.3 is 10.1 Å². The lowest BCUT2D eigenvalue weighted by Crippen LogP contribution is -2.18. The van der Waals surface area contributed by atoms with Crippen molar-refractivity contribution in [1.82, 2.24) is 4.98 Å². The summed E-state index contributed by atoms with van der Waals surface area (Å²) >= 11 is 3.17. The van der Waals surface area contributed by atoms with Gasteiger partial charge >= 0.3 is 0 Å². The Morgan fingerprint density at radius 3 is 2.54 bits per heavy atom. The van der Waals surface area contributed by atoms with E-state index in [0.717, 1.165) is 14.6 Å². The number of sulfonamides is 1. The van der Waals surface area contributed by atoms with Crippen LogP contribution in [0, 0.1) is 6.92 Å². The van der Waals surface area contributed by atoms with Crippen LogP contribution in [0.3, 0.4) is 0 Å². The number of thiazole rings is 1. The van der Waals surface area contributed by atoms with Gasteiger partial charge in [0.05, 0.1) is 28.8 Å². The van der Waals surface area contributed by atoms with Gasteiger partial charge in [-0.15, -0.1) is 11.3 Å². The van der Waals surface area contributed by atoms with Crippen LogP contribution in [-0.4, -0.2) is 37.9 Å². The van der Waals surface area contributed by atoms with Gasteiger partial charge in [-0.2, -0.15) is 0 Å². The maximum atomic E-state index is 12.7. The third-order valence-electron chi connectivity index (χ3n) is 5.15. The molecule has 0 bridgehead atoms. The fourth-order valence-electron chi connectivity index (χ4n) is 3.40. The number of thioether (sulfide) groups is 1. The van der Waals surface area contributed by atoms with E-state index in [0.29, 0.717) is 40.4 Å². The van der Waals surface area contributed by atoms with E-state index in [1.165, 1.54) is 7.11 Å². The smallest absolute Gasteiger partial charge is 0.255 e. The summed E-state index contributed by atoms with van der Waals surface area (Å²) in [6, 6.07) is 20.1. The van der Waals surface area contributed by atoms with Crippen molar-refractivity contribution in [3.63, 3.8) is 0 Å². The second kappa shape index (κ2) is 11.1. The van der Waals surface area contributed by atoms with E-state index in [1.807, 2.05) is 30.3 Å². The van der Waals surface area contributed by atoms with Crippen molar-refractivity contribution >= 4 is 60.6 Å². The second-order valence-corrected chi connectivity index (χ2v) is 12.0. The first kappa shape index (κ1) is 25.0. The molecule has 182 valence electrons. The zero-order valence-corrected chi connectivity index (χ0v) is 21.7. The molecule has 3 aromatic carbocycles. The van der Waals surface area contributed by atoms with Gasteiger partial charge in [-0.1, -0.05) is 42.1 Å².